The minimum atomic E-state index is -3.82. The van der Waals surface area contributed by atoms with Crippen molar-refractivity contribution in [3.63, 3.8) is 0 Å². The predicted molar refractivity (Wildman–Crippen MR) is 121 cm³/mol. The lowest BCUT2D eigenvalue weighted by Crippen LogP contribution is -2.61. The number of ether oxygens (including phenoxy) is 1. The number of hydrogen-bond donors (Lipinski definition) is 1. The molecule has 4 rings (SSSR count). The normalized spacial score (nSPS) is 24.0. The van der Waals surface area contributed by atoms with Crippen molar-refractivity contribution < 1.29 is 17.9 Å². The molecule has 1 aromatic rings. The van der Waals surface area contributed by atoms with Crippen LogP contribution in [-0.4, -0.2) is 62.4 Å². The molecule has 3 aliphatic rings. The SMILES string of the molecule is O=C(NCC1(N2CCOCC2)CCCCC1)C1(S(=O)(=O)c2ccc(Cl)cc2)CCCC1. The first-order valence-corrected chi connectivity index (χ1v) is 13.4. The number of carbonyl (C=O) groups is 1. The van der Waals surface area contributed by atoms with Gasteiger partial charge in [-0.2, -0.15) is 0 Å². The van der Waals surface area contributed by atoms with E-state index in [1.54, 1.807) is 12.1 Å². The van der Waals surface area contributed by atoms with Crippen LogP contribution in [0.15, 0.2) is 29.2 Å². The third kappa shape index (κ3) is 4.39. The number of amides is 1. The molecule has 0 spiro atoms. The Hall–Kier alpha value is -1.15. The van der Waals surface area contributed by atoms with Crippen molar-refractivity contribution >= 4 is 27.3 Å². The van der Waals surface area contributed by atoms with E-state index in [1.807, 2.05) is 0 Å². The maximum Gasteiger partial charge on any atom is 0.241 e. The van der Waals surface area contributed by atoms with Gasteiger partial charge in [0.2, 0.25) is 5.91 Å². The van der Waals surface area contributed by atoms with Gasteiger partial charge in [0.15, 0.2) is 14.6 Å². The number of morpholine rings is 1. The van der Waals surface area contributed by atoms with Gasteiger partial charge in [-0.1, -0.05) is 43.7 Å². The zero-order valence-electron chi connectivity index (χ0n) is 18.1. The summed E-state index contributed by atoms with van der Waals surface area (Å²) >= 11 is 5.96. The standard InChI is InChI=1S/C23H33ClN2O4S/c24-19-6-8-20(9-7-19)31(28,29)23(12-4-5-13-23)21(27)25-18-22(10-2-1-3-11-22)26-14-16-30-17-15-26/h6-9H,1-5,10-18H2,(H,25,27). The molecule has 0 radical (unpaired) electrons. The Morgan fingerprint density at radius 3 is 2.16 bits per heavy atom. The van der Waals surface area contributed by atoms with Gasteiger partial charge >= 0.3 is 0 Å². The lowest BCUT2D eigenvalue weighted by Gasteiger charge is -2.48. The van der Waals surface area contributed by atoms with E-state index in [0.717, 1.165) is 51.6 Å². The van der Waals surface area contributed by atoms with Crippen LogP contribution >= 0.6 is 11.6 Å². The van der Waals surface area contributed by atoms with Crippen LogP contribution in [-0.2, 0) is 19.4 Å². The van der Waals surface area contributed by atoms with Gasteiger partial charge in [-0.15, -0.1) is 0 Å². The van der Waals surface area contributed by atoms with E-state index in [1.165, 1.54) is 18.6 Å². The highest BCUT2D eigenvalue weighted by atomic mass is 35.5. The number of nitrogens with zero attached hydrogens (tertiary/aromatic N) is 1. The fraction of sp³-hybridized carbons (Fsp3) is 0.696. The fourth-order valence-electron chi connectivity index (χ4n) is 5.66. The lowest BCUT2D eigenvalue weighted by molar-refractivity contribution is -0.124. The molecule has 1 aliphatic heterocycles. The number of rotatable bonds is 6. The summed E-state index contributed by atoms with van der Waals surface area (Å²) in [6.45, 7) is 3.66. The van der Waals surface area contributed by atoms with Crippen LogP contribution in [0.3, 0.4) is 0 Å². The van der Waals surface area contributed by atoms with Crippen LogP contribution in [0, 0.1) is 0 Å². The maximum absolute atomic E-state index is 13.6. The molecule has 0 bridgehead atoms. The first-order chi connectivity index (χ1) is 14.9. The molecule has 8 heteroatoms. The third-order valence-electron chi connectivity index (χ3n) is 7.51. The zero-order chi connectivity index (χ0) is 22.0. The topological polar surface area (TPSA) is 75.7 Å². The summed E-state index contributed by atoms with van der Waals surface area (Å²) in [4.78, 5) is 16.2. The Kier molecular flexibility index (Phi) is 6.96. The quantitative estimate of drug-likeness (QED) is 0.690. The predicted octanol–water partition coefficient (Wildman–Crippen LogP) is 3.58. The van der Waals surface area contributed by atoms with E-state index in [4.69, 9.17) is 16.3 Å². The molecular formula is C23H33ClN2O4S. The highest BCUT2D eigenvalue weighted by Crippen LogP contribution is 2.41. The van der Waals surface area contributed by atoms with E-state index in [9.17, 15) is 13.2 Å². The molecular weight excluding hydrogens is 436 g/mol. The highest BCUT2D eigenvalue weighted by Gasteiger charge is 2.53. The van der Waals surface area contributed by atoms with Crippen LogP contribution in [0.25, 0.3) is 0 Å². The number of sulfone groups is 1. The summed E-state index contributed by atoms with van der Waals surface area (Å²) in [5.74, 6) is -0.335. The zero-order valence-corrected chi connectivity index (χ0v) is 19.6. The van der Waals surface area contributed by atoms with E-state index < -0.39 is 14.6 Å². The summed E-state index contributed by atoms with van der Waals surface area (Å²) in [5.41, 5.74) is -0.0957. The second kappa shape index (κ2) is 9.38. The lowest BCUT2D eigenvalue weighted by atomic mass is 9.79. The smallest absolute Gasteiger partial charge is 0.241 e. The van der Waals surface area contributed by atoms with Crippen LogP contribution in [0.4, 0.5) is 0 Å². The Bertz CT molecular complexity index is 869. The van der Waals surface area contributed by atoms with Crippen molar-refractivity contribution in [2.75, 3.05) is 32.8 Å². The molecule has 1 amide bonds. The summed E-state index contributed by atoms with van der Waals surface area (Å²) < 4.78 is 31.4. The van der Waals surface area contributed by atoms with Crippen molar-refractivity contribution in [3.05, 3.63) is 29.3 Å². The minimum Gasteiger partial charge on any atom is -0.379 e. The summed E-state index contributed by atoms with van der Waals surface area (Å²) in [7, 11) is -3.82. The van der Waals surface area contributed by atoms with Gasteiger partial charge in [-0.25, -0.2) is 8.42 Å². The van der Waals surface area contributed by atoms with Gasteiger partial charge in [0.25, 0.3) is 0 Å². The third-order valence-corrected chi connectivity index (χ3v) is 10.3. The minimum absolute atomic E-state index is 0.0957. The van der Waals surface area contributed by atoms with E-state index >= 15 is 0 Å². The van der Waals surface area contributed by atoms with E-state index in [2.05, 4.69) is 10.2 Å². The van der Waals surface area contributed by atoms with Gasteiger partial charge in [0, 0.05) is 30.2 Å². The number of halogens is 1. The summed E-state index contributed by atoms with van der Waals surface area (Å²) in [6.07, 6.45) is 7.79. The Morgan fingerprint density at radius 2 is 1.55 bits per heavy atom. The molecule has 1 heterocycles. The second-order valence-corrected chi connectivity index (χ2v) is 11.9. The van der Waals surface area contributed by atoms with Gasteiger partial charge in [-0.05, 0) is 49.9 Å². The molecule has 0 aromatic heterocycles. The van der Waals surface area contributed by atoms with Crippen molar-refractivity contribution in [2.24, 2.45) is 0 Å². The number of nitrogens with one attached hydrogen (secondary N) is 1. The summed E-state index contributed by atoms with van der Waals surface area (Å²) in [5, 5.41) is 3.61. The van der Waals surface area contributed by atoms with Crippen LogP contribution in [0.1, 0.15) is 57.8 Å². The largest absolute Gasteiger partial charge is 0.379 e. The first-order valence-electron chi connectivity index (χ1n) is 11.5. The molecule has 1 N–H and O–H groups in total. The van der Waals surface area contributed by atoms with E-state index in [0.29, 0.717) is 37.6 Å². The maximum atomic E-state index is 13.6. The van der Waals surface area contributed by atoms with Crippen LogP contribution in [0.5, 0.6) is 0 Å². The average molecular weight is 469 g/mol. The van der Waals surface area contributed by atoms with Gasteiger partial charge in [0.1, 0.15) is 0 Å². The molecule has 1 saturated heterocycles. The van der Waals surface area contributed by atoms with Gasteiger partial charge in [0.05, 0.1) is 18.1 Å². The molecule has 0 unspecified atom stereocenters. The van der Waals surface area contributed by atoms with Gasteiger partial charge in [-0.3, -0.25) is 9.69 Å². The number of carbonyl (C=O) groups excluding carboxylic acids is 1. The Morgan fingerprint density at radius 1 is 0.968 bits per heavy atom. The highest BCUT2D eigenvalue weighted by molar-refractivity contribution is 7.93. The van der Waals surface area contributed by atoms with Crippen molar-refractivity contribution in [1.82, 2.24) is 10.2 Å². The Balaban J connectivity index is 1.56. The molecule has 3 fully saturated rings. The first kappa shape index (κ1) is 23.0. The molecule has 172 valence electrons. The molecule has 6 nitrogen and oxygen atoms in total. The summed E-state index contributed by atoms with van der Waals surface area (Å²) in [6, 6.07) is 6.18. The average Bonchev–Trinajstić information content (AvgIpc) is 3.31. The Labute approximate surface area is 190 Å². The van der Waals surface area contributed by atoms with Crippen molar-refractivity contribution in [1.29, 1.82) is 0 Å². The monoisotopic (exact) mass is 468 g/mol. The molecule has 1 aromatic carbocycles. The molecule has 31 heavy (non-hydrogen) atoms. The van der Waals surface area contributed by atoms with Crippen molar-refractivity contribution in [2.45, 2.75) is 73.0 Å². The van der Waals surface area contributed by atoms with Crippen LogP contribution < -0.4 is 5.32 Å². The van der Waals surface area contributed by atoms with Crippen LogP contribution in [0.2, 0.25) is 5.02 Å². The fourth-order valence-corrected chi connectivity index (χ4v) is 7.88. The second-order valence-electron chi connectivity index (χ2n) is 9.23. The molecule has 0 atom stereocenters. The molecule has 2 aliphatic carbocycles. The van der Waals surface area contributed by atoms with Gasteiger partial charge < -0.3 is 10.1 Å². The molecule has 2 saturated carbocycles. The van der Waals surface area contributed by atoms with Crippen molar-refractivity contribution in [3.8, 4) is 0 Å². The van der Waals surface area contributed by atoms with E-state index in [-0.39, 0.29) is 16.3 Å². The number of hydrogen-bond acceptors (Lipinski definition) is 5. The number of benzene rings is 1.